The summed E-state index contributed by atoms with van der Waals surface area (Å²) in [4.78, 5) is 8.54. The van der Waals surface area contributed by atoms with Crippen LogP contribution < -0.4 is 14.8 Å². The molecule has 2 aliphatic rings. The van der Waals surface area contributed by atoms with E-state index < -0.39 is 5.60 Å². The Morgan fingerprint density at radius 3 is 2.53 bits per heavy atom. The summed E-state index contributed by atoms with van der Waals surface area (Å²) in [6.07, 6.45) is 5.05. The van der Waals surface area contributed by atoms with E-state index in [1.54, 1.807) is 0 Å². The number of ether oxygens (including phenoxy) is 2. The van der Waals surface area contributed by atoms with Gasteiger partial charge in [0.15, 0.2) is 0 Å². The van der Waals surface area contributed by atoms with E-state index in [0.29, 0.717) is 42.4 Å². The van der Waals surface area contributed by atoms with Gasteiger partial charge < -0.3 is 19.9 Å². The Bertz CT molecular complexity index is 468. The summed E-state index contributed by atoms with van der Waals surface area (Å²) in [5.41, 5.74) is -0.434. The molecule has 0 radical (unpaired) electrons. The first-order valence-electron chi connectivity index (χ1n) is 6.58. The molecule has 0 amide bonds. The first-order chi connectivity index (χ1) is 9.14. The molecule has 2 unspecified atom stereocenters. The monoisotopic (exact) mass is 265 g/mol. The zero-order valence-corrected chi connectivity index (χ0v) is 11.2. The van der Waals surface area contributed by atoms with Crippen molar-refractivity contribution in [2.24, 2.45) is 0 Å². The molecule has 0 aromatic carbocycles. The van der Waals surface area contributed by atoms with Crippen LogP contribution in [-0.2, 0) is 5.60 Å². The summed E-state index contributed by atoms with van der Waals surface area (Å²) in [6, 6.07) is 0.717. The fourth-order valence-electron chi connectivity index (χ4n) is 3.23. The van der Waals surface area contributed by atoms with Gasteiger partial charge in [-0.2, -0.15) is 4.98 Å². The Kier molecular flexibility index (Phi) is 3.06. The van der Waals surface area contributed by atoms with Crippen molar-refractivity contribution in [1.29, 1.82) is 0 Å². The minimum atomic E-state index is -0.957. The van der Waals surface area contributed by atoms with Gasteiger partial charge in [-0.15, -0.1) is 0 Å². The van der Waals surface area contributed by atoms with Gasteiger partial charge in [0, 0.05) is 12.1 Å². The molecule has 2 aliphatic heterocycles. The molecule has 2 bridgehead atoms. The number of fused-ring (bicyclic) bond motifs is 2. The van der Waals surface area contributed by atoms with Gasteiger partial charge in [-0.25, -0.2) is 4.98 Å². The third-order valence-electron chi connectivity index (χ3n) is 4.06. The maximum Gasteiger partial charge on any atom is 0.241 e. The molecule has 3 heterocycles. The fraction of sp³-hybridized carbons (Fsp3) is 0.692. The second kappa shape index (κ2) is 4.61. The average molecular weight is 265 g/mol. The summed E-state index contributed by atoms with van der Waals surface area (Å²) in [7, 11) is 3.06. The number of methoxy groups -OCH3 is 2. The Morgan fingerprint density at radius 2 is 1.95 bits per heavy atom. The van der Waals surface area contributed by atoms with E-state index in [9.17, 15) is 5.11 Å². The van der Waals surface area contributed by atoms with Crippen molar-refractivity contribution in [2.45, 2.75) is 43.4 Å². The van der Waals surface area contributed by atoms with E-state index in [-0.39, 0.29) is 0 Å². The molecular weight excluding hydrogens is 246 g/mol. The lowest BCUT2D eigenvalue weighted by Gasteiger charge is -2.36. The van der Waals surface area contributed by atoms with Crippen LogP contribution in [0.1, 0.15) is 31.4 Å². The summed E-state index contributed by atoms with van der Waals surface area (Å²) in [5, 5.41) is 14.4. The Balaban J connectivity index is 1.96. The van der Waals surface area contributed by atoms with E-state index >= 15 is 0 Å². The van der Waals surface area contributed by atoms with Gasteiger partial charge in [-0.05, 0) is 25.7 Å². The third kappa shape index (κ3) is 2.15. The first kappa shape index (κ1) is 12.6. The van der Waals surface area contributed by atoms with Crippen LogP contribution in [-0.4, -0.2) is 41.4 Å². The zero-order chi connectivity index (χ0) is 13.5. The number of aliphatic hydroxyl groups is 1. The topological polar surface area (TPSA) is 76.5 Å². The van der Waals surface area contributed by atoms with Crippen molar-refractivity contribution in [3.8, 4) is 11.8 Å². The highest BCUT2D eigenvalue weighted by molar-refractivity contribution is 5.29. The van der Waals surface area contributed by atoms with Crippen LogP contribution in [0.5, 0.6) is 11.8 Å². The average Bonchev–Trinajstić information content (AvgIpc) is 2.77. The number of rotatable bonds is 3. The molecule has 104 valence electrons. The van der Waals surface area contributed by atoms with Crippen molar-refractivity contribution >= 4 is 0 Å². The number of hydrogen-bond acceptors (Lipinski definition) is 6. The minimum Gasteiger partial charge on any atom is -0.480 e. The molecule has 2 N–H and O–H groups in total. The van der Waals surface area contributed by atoms with Crippen LogP contribution in [0.25, 0.3) is 0 Å². The Morgan fingerprint density at radius 1 is 1.26 bits per heavy atom. The standard InChI is InChI=1S/C13H19N3O3/c1-18-10-7-14-11(12(16-10)19-2)13(17)5-8-3-4-9(6-13)15-8/h7-9,15,17H,3-6H2,1-2H3. The van der Waals surface area contributed by atoms with Crippen molar-refractivity contribution < 1.29 is 14.6 Å². The van der Waals surface area contributed by atoms with Crippen LogP contribution >= 0.6 is 0 Å². The van der Waals surface area contributed by atoms with Crippen LogP contribution in [0.3, 0.4) is 0 Å². The van der Waals surface area contributed by atoms with Gasteiger partial charge in [0.05, 0.1) is 20.4 Å². The summed E-state index contributed by atoms with van der Waals surface area (Å²) in [6.45, 7) is 0. The van der Waals surface area contributed by atoms with Gasteiger partial charge in [0.25, 0.3) is 0 Å². The normalized spacial score (nSPS) is 33.2. The van der Waals surface area contributed by atoms with Gasteiger partial charge in [-0.1, -0.05) is 0 Å². The van der Waals surface area contributed by atoms with E-state index in [0.717, 1.165) is 12.8 Å². The molecule has 1 aromatic heterocycles. The van der Waals surface area contributed by atoms with Gasteiger partial charge in [-0.3, -0.25) is 0 Å². The van der Waals surface area contributed by atoms with Crippen LogP contribution in [0.4, 0.5) is 0 Å². The van der Waals surface area contributed by atoms with E-state index in [4.69, 9.17) is 9.47 Å². The highest BCUT2D eigenvalue weighted by atomic mass is 16.5. The molecule has 0 spiro atoms. The summed E-state index contributed by atoms with van der Waals surface area (Å²) in [5.74, 6) is 0.740. The molecule has 0 saturated carbocycles. The maximum atomic E-state index is 10.9. The molecular formula is C13H19N3O3. The highest BCUT2D eigenvalue weighted by Gasteiger charge is 2.46. The van der Waals surface area contributed by atoms with Crippen molar-refractivity contribution in [2.75, 3.05) is 14.2 Å². The summed E-state index contributed by atoms with van der Waals surface area (Å²) < 4.78 is 10.3. The predicted molar refractivity (Wildman–Crippen MR) is 68.2 cm³/mol. The number of hydrogen-bond donors (Lipinski definition) is 2. The van der Waals surface area contributed by atoms with Crippen LogP contribution in [0.2, 0.25) is 0 Å². The van der Waals surface area contributed by atoms with Gasteiger partial charge in [0.1, 0.15) is 11.3 Å². The SMILES string of the molecule is COc1cnc(C2(O)CC3CCC(C2)N3)c(OC)n1. The quantitative estimate of drug-likeness (QED) is 0.833. The fourth-order valence-corrected chi connectivity index (χ4v) is 3.23. The number of nitrogens with zero attached hydrogens (tertiary/aromatic N) is 2. The van der Waals surface area contributed by atoms with Crippen molar-refractivity contribution in [3.63, 3.8) is 0 Å². The summed E-state index contributed by atoms with van der Waals surface area (Å²) >= 11 is 0. The zero-order valence-electron chi connectivity index (χ0n) is 11.2. The van der Waals surface area contributed by atoms with Crippen LogP contribution in [0.15, 0.2) is 6.20 Å². The van der Waals surface area contributed by atoms with E-state index in [2.05, 4.69) is 15.3 Å². The molecule has 6 nitrogen and oxygen atoms in total. The minimum absolute atomic E-state index is 0.350. The highest BCUT2D eigenvalue weighted by Crippen LogP contribution is 2.42. The van der Waals surface area contributed by atoms with E-state index in [1.807, 2.05) is 0 Å². The van der Waals surface area contributed by atoms with Crippen molar-refractivity contribution in [1.82, 2.24) is 15.3 Å². The molecule has 6 heteroatoms. The number of nitrogens with one attached hydrogen (secondary N) is 1. The molecule has 19 heavy (non-hydrogen) atoms. The van der Waals surface area contributed by atoms with E-state index in [1.165, 1.54) is 20.4 Å². The third-order valence-corrected chi connectivity index (χ3v) is 4.06. The Labute approximate surface area is 112 Å². The molecule has 3 rings (SSSR count). The van der Waals surface area contributed by atoms with Gasteiger partial charge in [0.2, 0.25) is 11.8 Å². The largest absolute Gasteiger partial charge is 0.480 e. The molecule has 1 aromatic rings. The maximum absolute atomic E-state index is 10.9. The van der Waals surface area contributed by atoms with Crippen molar-refractivity contribution in [3.05, 3.63) is 11.9 Å². The predicted octanol–water partition coefficient (Wildman–Crippen LogP) is 0.596. The number of piperidine rings is 1. The molecule has 2 fully saturated rings. The second-order valence-corrected chi connectivity index (χ2v) is 5.35. The second-order valence-electron chi connectivity index (χ2n) is 5.35. The molecule has 2 atom stereocenters. The first-order valence-corrected chi connectivity index (χ1v) is 6.58. The lowest BCUT2D eigenvalue weighted by molar-refractivity contribution is -0.0178. The lowest BCUT2D eigenvalue weighted by Crippen LogP contribution is -2.47. The molecule has 0 aliphatic carbocycles. The number of aromatic nitrogens is 2. The lowest BCUT2D eigenvalue weighted by atomic mass is 9.84. The Hall–Kier alpha value is -1.40. The van der Waals surface area contributed by atoms with Gasteiger partial charge >= 0.3 is 0 Å². The molecule has 2 saturated heterocycles. The smallest absolute Gasteiger partial charge is 0.241 e. The van der Waals surface area contributed by atoms with Crippen LogP contribution in [0, 0.1) is 0 Å².